The monoisotopic (exact) mass is 402 g/mol. The number of anilines is 1. The Morgan fingerprint density at radius 2 is 1.96 bits per heavy atom. The van der Waals surface area contributed by atoms with Gasteiger partial charge in [-0.05, 0) is 35.9 Å². The molecule has 2 N–H and O–H groups in total. The number of benzene rings is 2. The lowest BCUT2D eigenvalue weighted by Crippen LogP contribution is -2.30. The number of hydrogen-bond acceptors (Lipinski definition) is 5. The van der Waals surface area contributed by atoms with E-state index in [1.807, 2.05) is 0 Å². The van der Waals surface area contributed by atoms with Gasteiger partial charge in [0.15, 0.2) is 18.1 Å². The Labute approximate surface area is 164 Å². The molecule has 0 atom stereocenters. The molecule has 2 aromatic carbocycles. The topological polar surface area (TPSA) is 105 Å². The van der Waals surface area contributed by atoms with Crippen LogP contribution in [-0.2, 0) is 9.59 Å². The molecule has 3 amide bonds. The maximum atomic E-state index is 12.6. The number of carboxylic acid groups (broad SMARTS) is 1. The van der Waals surface area contributed by atoms with Crippen molar-refractivity contribution in [3.05, 3.63) is 58.7 Å². The average Bonchev–Trinajstić information content (AvgIpc) is 2.94. The Kier molecular flexibility index (Phi) is 5.51. The zero-order chi connectivity index (χ0) is 20.3. The molecule has 0 radical (unpaired) electrons. The van der Waals surface area contributed by atoms with Crippen LogP contribution in [-0.4, -0.2) is 36.7 Å². The lowest BCUT2D eigenvalue weighted by molar-refractivity contribution is -0.139. The van der Waals surface area contributed by atoms with Gasteiger partial charge in [0, 0.05) is 0 Å². The smallest absolute Gasteiger partial charge is 0.341 e. The summed E-state index contributed by atoms with van der Waals surface area (Å²) in [5.41, 5.74) is 0.968. The highest BCUT2D eigenvalue weighted by molar-refractivity contribution is 6.32. The van der Waals surface area contributed by atoms with Crippen molar-refractivity contribution in [1.82, 2.24) is 5.32 Å². The fraction of sp³-hybridized carbons (Fsp3) is 0.105. The van der Waals surface area contributed by atoms with E-state index in [0.29, 0.717) is 11.3 Å². The highest BCUT2D eigenvalue weighted by Crippen LogP contribution is 2.37. The minimum Gasteiger partial charge on any atom is -0.493 e. The Bertz CT molecular complexity index is 974. The van der Waals surface area contributed by atoms with Crippen LogP contribution in [0.4, 0.5) is 10.5 Å². The third-order valence-corrected chi connectivity index (χ3v) is 4.08. The van der Waals surface area contributed by atoms with Gasteiger partial charge in [-0.25, -0.2) is 14.5 Å². The molecular weight excluding hydrogens is 388 g/mol. The highest BCUT2D eigenvalue weighted by Gasteiger charge is 2.34. The van der Waals surface area contributed by atoms with Gasteiger partial charge in [0.1, 0.15) is 5.70 Å². The van der Waals surface area contributed by atoms with Crippen molar-refractivity contribution >= 4 is 41.3 Å². The molecule has 1 fully saturated rings. The number of imide groups is 1. The number of halogens is 1. The van der Waals surface area contributed by atoms with Crippen LogP contribution >= 0.6 is 11.6 Å². The molecular formula is C19H15ClN2O6. The number of methoxy groups -OCH3 is 1. The third kappa shape index (κ3) is 3.91. The molecule has 0 saturated carbocycles. The second-order valence-corrected chi connectivity index (χ2v) is 6.09. The standard InChI is InChI=1S/C19H15ClN2O6/c1-27-15-9-11(7-13(20)17(15)28-10-16(23)24)8-14-18(25)22(19(26)21-14)12-5-3-2-4-6-12/h2-9H,10H2,1H3,(H,21,26)(H,23,24)/b14-8+. The Balaban J connectivity index is 1.91. The lowest BCUT2D eigenvalue weighted by atomic mass is 10.1. The van der Waals surface area contributed by atoms with E-state index in [1.54, 1.807) is 30.3 Å². The molecule has 9 heteroatoms. The van der Waals surface area contributed by atoms with Gasteiger partial charge in [-0.2, -0.15) is 0 Å². The summed E-state index contributed by atoms with van der Waals surface area (Å²) in [7, 11) is 1.37. The lowest BCUT2D eigenvalue weighted by Gasteiger charge is -2.12. The number of nitrogens with zero attached hydrogens (tertiary/aromatic N) is 1. The summed E-state index contributed by atoms with van der Waals surface area (Å²) in [5.74, 6) is -1.42. The second-order valence-electron chi connectivity index (χ2n) is 5.68. The minimum atomic E-state index is -1.16. The number of nitrogens with one attached hydrogen (secondary N) is 1. The molecule has 1 saturated heterocycles. The summed E-state index contributed by atoms with van der Waals surface area (Å²) in [5, 5.41) is 11.4. The number of hydrogen-bond donors (Lipinski definition) is 2. The molecule has 1 aliphatic heterocycles. The molecule has 2 aromatic rings. The zero-order valence-electron chi connectivity index (χ0n) is 14.6. The number of carbonyl (C=O) groups excluding carboxylic acids is 2. The number of carboxylic acids is 1. The van der Waals surface area contributed by atoms with E-state index in [1.165, 1.54) is 25.3 Å². The first-order valence-electron chi connectivity index (χ1n) is 8.05. The number of para-hydroxylation sites is 1. The van der Waals surface area contributed by atoms with Gasteiger partial charge < -0.3 is 19.9 Å². The van der Waals surface area contributed by atoms with Gasteiger partial charge in [0.05, 0.1) is 17.8 Å². The Hall–Kier alpha value is -3.52. The van der Waals surface area contributed by atoms with Crippen LogP contribution in [0.3, 0.4) is 0 Å². The molecule has 8 nitrogen and oxygen atoms in total. The van der Waals surface area contributed by atoms with E-state index in [2.05, 4.69) is 5.32 Å². The van der Waals surface area contributed by atoms with E-state index in [-0.39, 0.29) is 22.2 Å². The molecule has 1 heterocycles. The number of rotatable bonds is 6. The summed E-state index contributed by atoms with van der Waals surface area (Å²) in [6, 6.07) is 10.9. The summed E-state index contributed by atoms with van der Waals surface area (Å²) < 4.78 is 10.3. The van der Waals surface area contributed by atoms with Gasteiger partial charge in [0.2, 0.25) is 0 Å². The molecule has 28 heavy (non-hydrogen) atoms. The van der Waals surface area contributed by atoms with Crippen molar-refractivity contribution < 1.29 is 29.0 Å². The van der Waals surface area contributed by atoms with Crippen LogP contribution < -0.4 is 19.7 Å². The van der Waals surface area contributed by atoms with Crippen molar-refractivity contribution in [2.75, 3.05) is 18.6 Å². The quantitative estimate of drug-likeness (QED) is 0.568. The molecule has 0 spiro atoms. The first kappa shape index (κ1) is 19.2. The number of aliphatic carboxylic acids is 1. The van der Waals surface area contributed by atoms with Gasteiger partial charge in [0.25, 0.3) is 5.91 Å². The van der Waals surface area contributed by atoms with Crippen LogP contribution in [0.25, 0.3) is 6.08 Å². The van der Waals surface area contributed by atoms with Crippen LogP contribution in [0.1, 0.15) is 5.56 Å². The summed E-state index contributed by atoms with van der Waals surface area (Å²) in [4.78, 5) is 36.5. The highest BCUT2D eigenvalue weighted by atomic mass is 35.5. The number of carbonyl (C=O) groups is 3. The third-order valence-electron chi connectivity index (χ3n) is 3.80. The maximum absolute atomic E-state index is 12.6. The number of urea groups is 1. The Morgan fingerprint density at radius 3 is 2.61 bits per heavy atom. The summed E-state index contributed by atoms with van der Waals surface area (Å²) >= 11 is 6.16. The zero-order valence-corrected chi connectivity index (χ0v) is 15.4. The second kappa shape index (κ2) is 8.01. The fourth-order valence-electron chi connectivity index (χ4n) is 2.61. The van der Waals surface area contributed by atoms with Crippen molar-refractivity contribution in [2.24, 2.45) is 0 Å². The Morgan fingerprint density at radius 1 is 1.25 bits per heavy atom. The van der Waals surface area contributed by atoms with Crippen LogP contribution in [0, 0.1) is 0 Å². The fourth-order valence-corrected chi connectivity index (χ4v) is 2.88. The molecule has 0 unspecified atom stereocenters. The number of ether oxygens (including phenoxy) is 2. The maximum Gasteiger partial charge on any atom is 0.341 e. The molecule has 3 rings (SSSR count). The predicted molar refractivity (Wildman–Crippen MR) is 102 cm³/mol. The predicted octanol–water partition coefficient (Wildman–Crippen LogP) is 2.91. The van der Waals surface area contributed by atoms with Crippen LogP contribution in [0.15, 0.2) is 48.2 Å². The SMILES string of the molecule is COc1cc(/C=C2/NC(=O)N(c3ccccc3)C2=O)cc(Cl)c1OCC(=O)O. The van der Waals surface area contributed by atoms with Gasteiger partial charge in [-0.3, -0.25) is 4.79 Å². The molecule has 0 aromatic heterocycles. The van der Waals surface area contributed by atoms with Gasteiger partial charge >= 0.3 is 12.0 Å². The molecule has 0 bridgehead atoms. The molecule has 144 valence electrons. The van der Waals surface area contributed by atoms with E-state index < -0.39 is 24.5 Å². The van der Waals surface area contributed by atoms with Crippen LogP contribution in [0.5, 0.6) is 11.5 Å². The van der Waals surface area contributed by atoms with Crippen molar-refractivity contribution in [3.63, 3.8) is 0 Å². The van der Waals surface area contributed by atoms with E-state index in [4.69, 9.17) is 26.2 Å². The summed E-state index contributed by atoms with van der Waals surface area (Å²) in [6.07, 6.45) is 1.44. The first-order valence-corrected chi connectivity index (χ1v) is 8.43. The van der Waals surface area contributed by atoms with E-state index >= 15 is 0 Å². The van der Waals surface area contributed by atoms with Crippen molar-refractivity contribution in [2.45, 2.75) is 0 Å². The molecule has 1 aliphatic rings. The van der Waals surface area contributed by atoms with Crippen molar-refractivity contribution in [1.29, 1.82) is 0 Å². The number of amides is 3. The van der Waals surface area contributed by atoms with Crippen molar-refractivity contribution in [3.8, 4) is 11.5 Å². The minimum absolute atomic E-state index is 0.0613. The first-order chi connectivity index (χ1) is 13.4. The normalized spacial score (nSPS) is 14.9. The van der Waals surface area contributed by atoms with Crippen LogP contribution in [0.2, 0.25) is 5.02 Å². The largest absolute Gasteiger partial charge is 0.493 e. The van der Waals surface area contributed by atoms with Gasteiger partial charge in [-0.1, -0.05) is 29.8 Å². The summed E-state index contributed by atoms with van der Waals surface area (Å²) in [6.45, 7) is -0.586. The van der Waals surface area contributed by atoms with E-state index in [0.717, 1.165) is 4.90 Å². The van der Waals surface area contributed by atoms with Gasteiger partial charge in [-0.15, -0.1) is 0 Å². The van der Waals surface area contributed by atoms with E-state index in [9.17, 15) is 14.4 Å². The molecule has 0 aliphatic carbocycles. The average molecular weight is 403 g/mol.